The Hall–Kier alpha value is -1.72. The number of hydrogen-bond acceptors (Lipinski definition) is 5. The zero-order valence-electron chi connectivity index (χ0n) is 14.3. The molecular formula is C19H25N3O2. The average Bonchev–Trinajstić information content (AvgIpc) is 3.13. The molecule has 5 nitrogen and oxygen atoms in total. The second kappa shape index (κ2) is 7.03. The van der Waals surface area contributed by atoms with Crippen molar-refractivity contribution in [1.82, 2.24) is 9.97 Å². The molecule has 3 heterocycles. The predicted molar refractivity (Wildman–Crippen MR) is 94.4 cm³/mol. The van der Waals surface area contributed by atoms with Gasteiger partial charge in [0.05, 0.1) is 36.0 Å². The minimum absolute atomic E-state index is 0.371. The highest BCUT2D eigenvalue weighted by Crippen LogP contribution is 2.25. The molecule has 128 valence electrons. The summed E-state index contributed by atoms with van der Waals surface area (Å²) in [6, 6.07) is 8.08. The average molecular weight is 327 g/mol. The first kappa shape index (κ1) is 15.8. The number of ether oxygens (including phenoxy) is 2. The molecule has 0 N–H and O–H groups in total. The fourth-order valence-electron chi connectivity index (χ4n) is 3.60. The number of hydrogen-bond donors (Lipinski definition) is 0. The Morgan fingerprint density at radius 3 is 2.58 bits per heavy atom. The molecule has 1 aromatic carbocycles. The fourth-order valence-corrected chi connectivity index (χ4v) is 3.60. The SMILES string of the molecule is Cc1nc2ccccc2nc1N1CCC(OCC2CCOC2)CC1. The summed E-state index contributed by atoms with van der Waals surface area (Å²) in [6.07, 6.45) is 3.63. The van der Waals surface area contributed by atoms with Gasteiger partial charge in [0.15, 0.2) is 5.82 Å². The number of aryl methyl sites for hydroxylation is 1. The van der Waals surface area contributed by atoms with Crippen LogP contribution in [0.5, 0.6) is 0 Å². The van der Waals surface area contributed by atoms with Crippen LogP contribution in [-0.2, 0) is 9.47 Å². The number of nitrogens with zero attached hydrogens (tertiary/aromatic N) is 3. The van der Waals surface area contributed by atoms with Crippen molar-refractivity contribution >= 4 is 16.9 Å². The third kappa shape index (κ3) is 3.37. The molecule has 0 saturated carbocycles. The first-order valence-electron chi connectivity index (χ1n) is 8.97. The standard InChI is InChI=1S/C19H25N3O2/c1-14-19(21-18-5-3-2-4-17(18)20-14)22-9-6-16(7-10-22)24-13-15-8-11-23-12-15/h2-5,15-16H,6-13H2,1H3. The van der Waals surface area contributed by atoms with Gasteiger partial charge in [-0.15, -0.1) is 0 Å². The summed E-state index contributed by atoms with van der Waals surface area (Å²) in [4.78, 5) is 11.9. The molecule has 2 aliphatic rings. The first-order chi connectivity index (χ1) is 11.8. The molecule has 1 unspecified atom stereocenters. The molecular weight excluding hydrogens is 302 g/mol. The van der Waals surface area contributed by atoms with Crippen LogP contribution in [0, 0.1) is 12.8 Å². The molecule has 2 aromatic rings. The normalized spacial score (nSPS) is 22.4. The molecule has 24 heavy (non-hydrogen) atoms. The largest absolute Gasteiger partial charge is 0.381 e. The van der Waals surface area contributed by atoms with Gasteiger partial charge in [0.2, 0.25) is 0 Å². The second-order valence-corrected chi connectivity index (χ2v) is 6.87. The predicted octanol–water partition coefficient (Wildman–Crippen LogP) is 2.96. The van der Waals surface area contributed by atoms with E-state index in [9.17, 15) is 0 Å². The minimum Gasteiger partial charge on any atom is -0.381 e. The lowest BCUT2D eigenvalue weighted by molar-refractivity contribution is 0.0131. The van der Waals surface area contributed by atoms with Gasteiger partial charge < -0.3 is 14.4 Å². The van der Waals surface area contributed by atoms with Crippen molar-refractivity contribution in [2.45, 2.75) is 32.3 Å². The number of anilines is 1. The highest BCUT2D eigenvalue weighted by atomic mass is 16.5. The summed E-state index contributed by atoms with van der Waals surface area (Å²) in [5, 5.41) is 0. The summed E-state index contributed by atoms with van der Waals surface area (Å²) < 4.78 is 11.5. The highest BCUT2D eigenvalue weighted by molar-refractivity contribution is 5.76. The summed E-state index contributed by atoms with van der Waals surface area (Å²) in [6.45, 7) is 6.63. The van der Waals surface area contributed by atoms with E-state index in [1.54, 1.807) is 0 Å². The van der Waals surface area contributed by atoms with Gasteiger partial charge in [-0.25, -0.2) is 9.97 Å². The number of aromatic nitrogens is 2. The van der Waals surface area contributed by atoms with E-state index >= 15 is 0 Å². The van der Waals surface area contributed by atoms with Crippen molar-refractivity contribution in [2.24, 2.45) is 5.92 Å². The molecule has 1 atom stereocenters. The third-order valence-corrected chi connectivity index (χ3v) is 5.05. The Bertz CT molecular complexity index is 692. The van der Waals surface area contributed by atoms with Gasteiger partial charge in [0.25, 0.3) is 0 Å². The van der Waals surface area contributed by atoms with Crippen LogP contribution in [0.15, 0.2) is 24.3 Å². The lowest BCUT2D eigenvalue weighted by Crippen LogP contribution is -2.38. The minimum atomic E-state index is 0.371. The van der Waals surface area contributed by atoms with Crippen LogP contribution in [0.1, 0.15) is 25.0 Å². The maximum atomic E-state index is 6.11. The van der Waals surface area contributed by atoms with E-state index in [-0.39, 0.29) is 0 Å². The van der Waals surface area contributed by atoms with Gasteiger partial charge >= 0.3 is 0 Å². The summed E-state index contributed by atoms with van der Waals surface area (Å²) in [5.41, 5.74) is 2.95. The Morgan fingerprint density at radius 2 is 1.88 bits per heavy atom. The van der Waals surface area contributed by atoms with Crippen molar-refractivity contribution in [3.8, 4) is 0 Å². The van der Waals surface area contributed by atoms with Crippen LogP contribution in [0.4, 0.5) is 5.82 Å². The fraction of sp³-hybridized carbons (Fsp3) is 0.579. The molecule has 0 spiro atoms. The number of benzene rings is 1. The van der Waals surface area contributed by atoms with Crippen LogP contribution in [0.25, 0.3) is 11.0 Å². The molecule has 0 aliphatic carbocycles. The van der Waals surface area contributed by atoms with Gasteiger partial charge in [-0.05, 0) is 38.3 Å². The molecule has 4 rings (SSSR count). The lowest BCUT2D eigenvalue weighted by atomic mass is 10.1. The quantitative estimate of drug-likeness (QED) is 0.864. The van der Waals surface area contributed by atoms with Crippen LogP contribution in [-0.4, -0.2) is 49.0 Å². The molecule has 5 heteroatoms. The second-order valence-electron chi connectivity index (χ2n) is 6.87. The van der Waals surface area contributed by atoms with E-state index in [0.29, 0.717) is 12.0 Å². The van der Waals surface area contributed by atoms with Crippen molar-refractivity contribution in [3.63, 3.8) is 0 Å². The van der Waals surface area contributed by atoms with Crippen LogP contribution < -0.4 is 4.90 Å². The summed E-state index contributed by atoms with van der Waals surface area (Å²) in [7, 11) is 0. The molecule has 0 amide bonds. The molecule has 2 aliphatic heterocycles. The van der Waals surface area contributed by atoms with Crippen LogP contribution in [0.3, 0.4) is 0 Å². The van der Waals surface area contributed by atoms with Crippen molar-refractivity contribution < 1.29 is 9.47 Å². The van der Waals surface area contributed by atoms with Crippen molar-refractivity contribution in [1.29, 1.82) is 0 Å². The Kier molecular flexibility index (Phi) is 4.63. The molecule has 0 bridgehead atoms. The van der Waals surface area contributed by atoms with E-state index in [0.717, 1.165) is 74.7 Å². The Labute approximate surface area is 143 Å². The van der Waals surface area contributed by atoms with E-state index in [1.807, 2.05) is 24.3 Å². The lowest BCUT2D eigenvalue weighted by Gasteiger charge is -2.33. The maximum absolute atomic E-state index is 6.11. The number of rotatable bonds is 4. The van der Waals surface area contributed by atoms with Crippen LogP contribution in [0.2, 0.25) is 0 Å². The molecule has 0 radical (unpaired) electrons. The van der Waals surface area contributed by atoms with Gasteiger partial charge in [0.1, 0.15) is 0 Å². The van der Waals surface area contributed by atoms with Gasteiger partial charge in [-0.1, -0.05) is 12.1 Å². The topological polar surface area (TPSA) is 47.5 Å². The van der Waals surface area contributed by atoms with E-state index in [2.05, 4.69) is 11.8 Å². The molecule has 2 fully saturated rings. The van der Waals surface area contributed by atoms with Gasteiger partial charge in [-0.2, -0.15) is 0 Å². The van der Waals surface area contributed by atoms with Gasteiger partial charge in [0, 0.05) is 25.6 Å². The van der Waals surface area contributed by atoms with E-state index in [4.69, 9.17) is 19.4 Å². The third-order valence-electron chi connectivity index (χ3n) is 5.05. The van der Waals surface area contributed by atoms with E-state index in [1.165, 1.54) is 0 Å². The first-order valence-corrected chi connectivity index (χ1v) is 8.97. The Morgan fingerprint density at radius 1 is 1.12 bits per heavy atom. The number of para-hydroxylation sites is 2. The molecule has 2 saturated heterocycles. The zero-order chi connectivity index (χ0) is 16.4. The molecule has 1 aromatic heterocycles. The van der Waals surface area contributed by atoms with Crippen molar-refractivity contribution in [3.05, 3.63) is 30.0 Å². The Balaban J connectivity index is 1.37. The van der Waals surface area contributed by atoms with Gasteiger partial charge in [-0.3, -0.25) is 0 Å². The number of fused-ring (bicyclic) bond motifs is 1. The maximum Gasteiger partial charge on any atom is 0.150 e. The summed E-state index contributed by atoms with van der Waals surface area (Å²) >= 11 is 0. The number of piperidine rings is 1. The monoisotopic (exact) mass is 327 g/mol. The highest BCUT2D eigenvalue weighted by Gasteiger charge is 2.24. The smallest absolute Gasteiger partial charge is 0.150 e. The van der Waals surface area contributed by atoms with E-state index < -0.39 is 0 Å². The summed E-state index contributed by atoms with van der Waals surface area (Å²) in [5.74, 6) is 1.62. The zero-order valence-corrected chi connectivity index (χ0v) is 14.3. The van der Waals surface area contributed by atoms with Crippen molar-refractivity contribution in [2.75, 3.05) is 37.8 Å². The van der Waals surface area contributed by atoms with Crippen LogP contribution >= 0.6 is 0 Å².